The van der Waals surface area contributed by atoms with Gasteiger partial charge in [-0.05, 0) is 13.8 Å². The Morgan fingerprint density at radius 1 is 1.23 bits per heavy atom. The van der Waals surface area contributed by atoms with E-state index in [-0.39, 0.29) is 19.6 Å². The maximum atomic E-state index is 11.6. The molecule has 13 heavy (non-hydrogen) atoms. The van der Waals surface area contributed by atoms with E-state index in [2.05, 4.69) is 4.74 Å². The van der Waals surface area contributed by atoms with Crippen LogP contribution in [0.3, 0.4) is 0 Å². The highest BCUT2D eigenvalue weighted by molar-refractivity contribution is 7.53. The van der Waals surface area contributed by atoms with Gasteiger partial charge >= 0.3 is 13.6 Å². The summed E-state index contributed by atoms with van der Waals surface area (Å²) < 4.78 is 25.9. The van der Waals surface area contributed by atoms with E-state index in [1.165, 1.54) is 6.92 Å². The van der Waals surface area contributed by atoms with Gasteiger partial charge in [-0.25, -0.2) is 0 Å². The van der Waals surface area contributed by atoms with Crippen molar-refractivity contribution in [2.45, 2.75) is 20.8 Å². The molecule has 0 atom stereocenters. The Hall–Kier alpha value is -0.380. The summed E-state index contributed by atoms with van der Waals surface area (Å²) in [5.41, 5.74) is 0. The Balaban J connectivity index is 4.07. The number of hydrogen-bond acceptors (Lipinski definition) is 5. The Bertz CT molecular complexity index is 193. The van der Waals surface area contributed by atoms with Crippen LogP contribution in [0, 0.1) is 0 Å². The van der Waals surface area contributed by atoms with Gasteiger partial charge in [0.15, 0.2) is 6.35 Å². The molecule has 0 unspecified atom stereocenters. The maximum Gasteiger partial charge on any atom is 0.367 e. The molecule has 0 saturated heterocycles. The second-order valence-corrected chi connectivity index (χ2v) is 4.21. The monoisotopic (exact) mass is 210 g/mol. The second-order valence-electron chi connectivity index (χ2n) is 2.21. The van der Waals surface area contributed by atoms with Gasteiger partial charge in [0.1, 0.15) is 0 Å². The molecule has 0 aromatic carbocycles. The van der Waals surface area contributed by atoms with Crippen LogP contribution in [-0.2, 0) is 23.1 Å². The lowest BCUT2D eigenvalue weighted by molar-refractivity contribution is -0.139. The van der Waals surface area contributed by atoms with Crippen LogP contribution in [0.1, 0.15) is 20.8 Å². The molecule has 0 bridgehead atoms. The summed E-state index contributed by atoms with van der Waals surface area (Å²) in [6.07, 6.45) is -0.315. The molecule has 0 saturated carbocycles. The van der Waals surface area contributed by atoms with E-state index in [9.17, 15) is 9.36 Å². The summed E-state index contributed by atoms with van der Waals surface area (Å²) in [4.78, 5) is 10.4. The van der Waals surface area contributed by atoms with Crippen molar-refractivity contribution < 1.29 is 23.1 Å². The lowest BCUT2D eigenvalue weighted by Crippen LogP contribution is -2.06. The lowest BCUT2D eigenvalue weighted by Gasteiger charge is -2.15. The van der Waals surface area contributed by atoms with E-state index in [4.69, 9.17) is 9.05 Å². The summed E-state index contributed by atoms with van der Waals surface area (Å²) in [6, 6.07) is 0. The first-order valence-corrected chi connectivity index (χ1v) is 5.78. The average molecular weight is 210 g/mol. The predicted molar refractivity (Wildman–Crippen MR) is 47.5 cm³/mol. The fraction of sp³-hybridized carbons (Fsp3) is 0.857. The first kappa shape index (κ1) is 12.6. The molecule has 0 amide bonds. The highest BCUT2D eigenvalue weighted by Gasteiger charge is 2.24. The molecule has 0 rings (SSSR count). The van der Waals surface area contributed by atoms with Crippen molar-refractivity contribution in [1.82, 2.24) is 0 Å². The van der Waals surface area contributed by atoms with E-state index in [1.807, 2.05) is 0 Å². The SMILES string of the molecule is CCOP(=O)(COC(C)=O)OCC. The summed E-state index contributed by atoms with van der Waals surface area (Å²) >= 11 is 0. The van der Waals surface area contributed by atoms with Gasteiger partial charge in [0.2, 0.25) is 0 Å². The molecule has 0 aliphatic heterocycles. The largest absolute Gasteiger partial charge is 0.453 e. The first-order valence-electron chi connectivity index (χ1n) is 4.05. The highest BCUT2D eigenvalue weighted by atomic mass is 31.2. The van der Waals surface area contributed by atoms with Gasteiger partial charge in [-0.2, -0.15) is 0 Å². The second kappa shape index (κ2) is 6.13. The fourth-order valence-electron chi connectivity index (χ4n) is 0.675. The minimum absolute atomic E-state index is 0.262. The van der Waals surface area contributed by atoms with Crippen LogP contribution in [0.25, 0.3) is 0 Å². The molecule has 0 aromatic heterocycles. The van der Waals surface area contributed by atoms with Gasteiger partial charge < -0.3 is 13.8 Å². The van der Waals surface area contributed by atoms with Crippen molar-refractivity contribution in [1.29, 1.82) is 0 Å². The summed E-state index contributed by atoms with van der Waals surface area (Å²) in [5.74, 6) is -0.500. The topological polar surface area (TPSA) is 61.8 Å². The highest BCUT2D eigenvalue weighted by Crippen LogP contribution is 2.47. The van der Waals surface area contributed by atoms with Gasteiger partial charge in [0, 0.05) is 6.92 Å². The van der Waals surface area contributed by atoms with Gasteiger partial charge in [-0.3, -0.25) is 9.36 Å². The standard InChI is InChI=1S/C7H15O5P/c1-4-11-13(9,12-5-2)6-10-7(3)8/h4-6H2,1-3H3. The van der Waals surface area contributed by atoms with Crippen molar-refractivity contribution in [2.75, 3.05) is 19.6 Å². The third kappa shape index (κ3) is 5.80. The van der Waals surface area contributed by atoms with E-state index in [0.29, 0.717) is 0 Å². The molecule has 0 aliphatic rings. The Kier molecular flexibility index (Phi) is 5.95. The molecule has 0 radical (unpaired) electrons. The third-order valence-electron chi connectivity index (χ3n) is 1.08. The Morgan fingerprint density at radius 2 is 1.69 bits per heavy atom. The molecule has 0 fully saturated rings. The molecule has 0 N–H and O–H groups in total. The van der Waals surface area contributed by atoms with Gasteiger partial charge in [-0.1, -0.05) is 0 Å². The van der Waals surface area contributed by atoms with Crippen LogP contribution in [0.4, 0.5) is 0 Å². The number of carbonyl (C=O) groups excluding carboxylic acids is 1. The van der Waals surface area contributed by atoms with E-state index < -0.39 is 13.6 Å². The number of rotatable bonds is 6. The Labute approximate surface area is 77.9 Å². The maximum absolute atomic E-state index is 11.6. The van der Waals surface area contributed by atoms with Crippen LogP contribution >= 0.6 is 7.60 Å². The smallest absolute Gasteiger partial charge is 0.367 e. The normalized spacial score (nSPS) is 11.3. The zero-order valence-electron chi connectivity index (χ0n) is 8.11. The van der Waals surface area contributed by atoms with Gasteiger partial charge in [-0.15, -0.1) is 0 Å². The zero-order valence-corrected chi connectivity index (χ0v) is 9.00. The number of carbonyl (C=O) groups is 1. The van der Waals surface area contributed by atoms with Crippen molar-refractivity contribution in [3.8, 4) is 0 Å². The molecule has 6 heteroatoms. The van der Waals surface area contributed by atoms with E-state index >= 15 is 0 Å². The Morgan fingerprint density at radius 3 is 2.00 bits per heavy atom. The molecular weight excluding hydrogens is 195 g/mol. The summed E-state index contributed by atoms with van der Waals surface area (Å²) in [5, 5.41) is 0. The molecule has 0 aliphatic carbocycles. The van der Waals surface area contributed by atoms with Crippen molar-refractivity contribution in [3.05, 3.63) is 0 Å². The van der Waals surface area contributed by atoms with Crippen LogP contribution in [0.5, 0.6) is 0 Å². The molecular formula is C7H15O5P. The summed E-state index contributed by atoms with van der Waals surface area (Å²) in [7, 11) is -3.22. The first-order chi connectivity index (χ1) is 6.04. The quantitative estimate of drug-likeness (QED) is 0.494. The predicted octanol–water partition coefficient (Wildman–Crippen LogP) is 1.77. The van der Waals surface area contributed by atoms with Crippen molar-refractivity contribution >= 4 is 13.6 Å². The van der Waals surface area contributed by atoms with E-state index in [1.54, 1.807) is 13.8 Å². The molecule has 5 nitrogen and oxygen atoms in total. The number of esters is 1. The van der Waals surface area contributed by atoms with Crippen molar-refractivity contribution in [3.63, 3.8) is 0 Å². The summed E-state index contributed by atoms with van der Waals surface area (Å²) in [6.45, 7) is 5.15. The minimum Gasteiger partial charge on any atom is -0.453 e. The van der Waals surface area contributed by atoms with Crippen LogP contribution in [0.15, 0.2) is 0 Å². The fourth-order valence-corrected chi connectivity index (χ4v) is 2.03. The molecule has 78 valence electrons. The number of ether oxygens (including phenoxy) is 1. The molecule has 0 heterocycles. The van der Waals surface area contributed by atoms with Crippen LogP contribution < -0.4 is 0 Å². The van der Waals surface area contributed by atoms with Crippen molar-refractivity contribution in [2.24, 2.45) is 0 Å². The van der Waals surface area contributed by atoms with Crippen LogP contribution in [-0.4, -0.2) is 25.5 Å². The molecule has 0 spiro atoms. The lowest BCUT2D eigenvalue weighted by atomic mass is 10.8. The minimum atomic E-state index is -3.22. The number of hydrogen-bond donors (Lipinski definition) is 0. The average Bonchev–Trinajstić information content (AvgIpc) is 2.02. The molecule has 0 aromatic rings. The zero-order chi connectivity index (χ0) is 10.3. The van der Waals surface area contributed by atoms with E-state index in [0.717, 1.165) is 0 Å². The van der Waals surface area contributed by atoms with Crippen LogP contribution in [0.2, 0.25) is 0 Å². The van der Waals surface area contributed by atoms with Gasteiger partial charge in [0.05, 0.1) is 13.2 Å². The third-order valence-corrected chi connectivity index (χ3v) is 2.83. The van der Waals surface area contributed by atoms with Gasteiger partial charge in [0.25, 0.3) is 0 Å².